The molecule has 120 valence electrons. The summed E-state index contributed by atoms with van der Waals surface area (Å²) in [5.41, 5.74) is -1.84. The molecule has 0 aliphatic heterocycles. The Labute approximate surface area is 126 Å². The number of pyridine rings is 1. The highest BCUT2D eigenvalue weighted by molar-refractivity contribution is 7.88. The molecule has 5 nitrogen and oxygen atoms in total. The molecule has 0 radical (unpaired) electrons. The molecule has 2 N–H and O–H groups in total. The second kappa shape index (κ2) is 5.98. The largest absolute Gasteiger partial charge is 0.416 e. The number of sulfonamides is 1. The maximum atomic E-state index is 12.6. The van der Waals surface area contributed by atoms with E-state index in [4.69, 9.17) is 11.6 Å². The Bertz CT molecular complexity index is 618. The quantitative estimate of drug-likeness (QED) is 0.804. The number of rotatable bonds is 5. The van der Waals surface area contributed by atoms with Crippen LogP contribution in [0.5, 0.6) is 0 Å². The lowest BCUT2D eigenvalue weighted by Crippen LogP contribution is -2.47. The van der Waals surface area contributed by atoms with Crippen molar-refractivity contribution in [2.45, 2.75) is 25.6 Å². The summed E-state index contributed by atoms with van der Waals surface area (Å²) in [6.45, 7) is 3.19. The van der Waals surface area contributed by atoms with E-state index < -0.39 is 27.3 Å². The molecule has 0 saturated carbocycles. The molecule has 1 aromatic rings. The standard InChI is InChI=1S/C11H15ClF3N3O2S/c1-10(2,18-21(3,19)20)6-16-9-5-7(11(13,14)15)4-8(12)17-9/h4-5,18H,6H2,1-3H3,(H,16,17). The summed E-state index contributed by atoms with van der Waals surface area (Å²) in [6.07, 6.45) is -3.54. The zero-order chi connectivity index (χ0) is 16.5. The highest BCUT2D eigenvalue weighted by Gasteiger charge is 2.31. The number of halogens is 4. The van der Waals surface area contributed by atoms with Gasteiger partial charge in [-0.1, -0.05) is 11.6 Å². The molecule has 1 rings (SSSR count). The maximum Gasteiger partial charge on any atom is 0.416 e. The summed E-state index contributed by atoms with van der Waals surface area (Å²) >= 11 is 5.55. The Hall–Kier alpha value is -1.06. The van der Waals surface area contributed by atoms with E-state index in [1.165, 1.54) is 0 Å². The summed E-state index contributed by atoms with van der Waals surface area (Å²) in [4.78, 5) is 3.72. The van der Waals surface area contributed by atoms with Crippen LogP contribution in [-0.2, 0) is 16.2 Å². The number of aromatic nitrogens is 1. The van der Waals surface area contributed by atoms with Gasteiger partial charge in [-0.05, 0) is 26.0 Å². The van der Waals surface area contributed by atoms with Gasteiger partial charge in [0.05, 0.1) is 11.8 Å². The Morgan fingerprint density at radius 2 is 1.86 bits per heavy atom. The van der Waals surface area contributed by atoms with Gasteiger partial charge < -0.3 is 5.32 Å². The van der Waals surface area contributed by atoms with Crippen molar-refractivity contribution in [1.29, 1.82) is 0 Å². The first-order valence-electron chi connectivity index (χ1n) is 5.76. The van der Waals surface area contributed by atoms with Crippen LogP contribution in [-0.4, -0.2) is 31.7 Å². The molecule has 21 heavy (non-hydrogen) atoms. The van der Waals surface area contributed by atoms with E-state index in [0.29, 0.717) is 6.07 Å². The van der Waals surface area contributed by atoms with Crippen molar-refractivity contribution in [2.75, 3.05) is 18.1 Å². The Morgan fingerprint density at radius 1 is 1.29 bits per heavy atom. The van der Waals surface area contributed by atoms with Crippen LogP contribution in [0.25, 0.3) is 0 Å². The van der Waals surface area contributed by atoms with Crippen LogP contribution in [0.3, 0.4) is 0 Å². The lowest BCUT2D eigenvalue weighted by atomic mass is 10.1. The van der Waals surface area contributed by atoms with E-state index in [1.54, 1.807) is 13.8 Å². The predicted molar refractivity (Wildman–Crippen MR) is 74.8 cm³/mol. The van der Waals surface area contributed by atoms with Gasteiger partial charge in [-0.2, -0.15) is 13.2 Å². The molecule has 0 unspecified atom stereocenters. The molecule has 0 aromatic carbocycles. The molecule has 0 atom stereocenters. The lowest BCUT2D eigenvalue weighted by molar-refractivity contribution is -0.137. The molecule has 1 heterocycles. The average Bonchev–Trinajstić information content (AvgIpc) is 2.21. The molecule has 0 amide bonds. The number of alkyl halides is 3. The number of hydrogen-bond donors (Lipinski definition) is 2. The van der Waals surface area contributed by atoms with Gasteiger partial charge in [-0.25, -0.2) is 18.1 Å². The van der Waals surface area contributed by atoms with Gasteiger partial charge in [0.15, 0.2) is 0 Å². The third-order valence-corrected chi connectivity index (χ3v) is 3.41. The monoisotopic (exact) mass is 345 g/mol. The smallest absolute Gasteiger partial charge is 0.368 e. The molecule has 0 aliphatic rings. The number of anilines is 1. The van der Waals surface area contributed by atoms with Crippen LogP contribution in [0.1, 0.15) is 19.4 Å². The van der Waals surface area contributed by atoms with Crippen molar-refractivity contribution in [2.24, 2.45) is 0 Å². The van der Waals surface area contributed by atoms with Crippen LogP contribution >= 0.6 is 11.6 Å². The molecular formula is C11H15ClF3N3O2S. The van der Waals surface area contributed by atoms with Gasteiger partial charge in [-0.15, -0.1) is 0 Å². The lowest BCUT2D eigenvalue weighted by Gasteiger charge is -2.25. The van der Waals surface area contributed by atoms with Gasteiger partial charge >= 0.3 is 6.18 Å². The van der Waals surface area contributed by atoms with Crippen molar-refractivity contribution in [3.63, 3.8) is 0 Å². The Balaban J connectivity index is 2.87. The second-order valence-electron chi connectivity index (χ2n) is 5.17. The van der Waals surface area contributed by atoms with Crippen molar-refractivity contribution >= 4 is 27.4 Å². The molecule has 0 bridgehead atoms. The van der Waals surface area contributed by atoms with E-state index in [-0.39, 0.29) is 17.5 Å². The van der Waals surface area contributed by atoms with Crippen molar-refractivity contribution in [3.8, 4) is 0 Å². The van der Waals surface area contributed by atoms with E-state index in [0.717, 1.165) is 12.3 Å². The van der Waals surface area contributed by atoms with E-state index in [1.807, 2.05) is 0 Å². The van der Waals surface area contributed by atoms with Crippen LogP contribution in [0, 0.1) is 0 Å². The Morgan fingerprint density at radius 3 is 2.33 bits per heavy atom. The van der Waals surface area contributed by atoms with Crippen molar-refractivity contribution < 1.29 is 21.6 Å². The van der Waals surface area contributed by atoms with Crippen LogP contribution in [0.2, 0.25) is 5.15 Å². The van der Waals surface area contributed by atoms with Crippen molar-refractivity contribution in [3.05, 3.63) is 22.8 Å². The minimum atomic E-state index is -4.54. The third kappa shape index (κ3) is 6.49. The average molecular weight is 346 g/mol. The predicted octanol–water partition coefficient (Wildman–Crippen LogP) is 2.49. The fourth-order valence-electron chi connectivity index (χ4n) is 1.60. The normalized spacial score (nSPS) is 13.3. The Kier molecular flexibility index (Phi) is 5.12. The van der Waals surface area contributed by atoms with Crippen LogP contribution < -0.4 is 10.0 Å². The summed E-state index contributed by atoms with van der Waals surface area (Å²) in [6, 6.07) is 1.52. The molecule has 0 aliphatic carbocycles. The fourth-order valence-corrected chi connectivity index (χ4v) is 2.89. The SMILES string of the molecule is CC(C)(CNc1cc(C(F)(F)F)cc(Cl)n1)NS(C)(=O)=O. The van der Waals surface area contributed by atoms with Gasteiger partial charge in [0.2, 0.25) is 10.0 Å². The van der Waals surface area contributed by atoms with E-state index >= 15 is 0 Å². The molecule has 0 spiro atoms. The van der Waals surface area contributed by atoms with Gasteiger partial charge in [-0.3, -0.25) is 0 Å². The minimum absolute atomic E-state index is 0.0324. The zero-order valence-corrected chi connectivity index (χ0v) is 13.1. The van der Waals surface area contributed by atoms with Crippen molar-refractivity contribution in [1.82, 2.24) is 9.71 Å². The van der Waals surface area contributed by atoms with Gasteiger partial charge in [0.1, 0.15) is 11.0 Å². The van der Waals surface area contributed by atoms with Gasteiger partial charge in [0.25, 0.3) is 0 Å². The second-order valence-corrected chi connectivity index (χ2v) is 7.31. The molecular weight excluding hydrogens is 331 g/mol. The van der Waals surface area contributed by atoms with Crippen LogP contribution in [0.15, 0.2) is 12.1 Å². The third-order valence-electron chi connectivity index (χ3n) is 2.29. The fraction of sp³-hybridized carbons (Fsp3) is 0.545. The number of nitrogens with zero attached hydrogens (tertiary/aromatic N) is 1. The highest BCUT2D eigenvalue weighted by atomic mass is 35.5. The molecule has 1 aromatic heterocycles. The van der Waals surface area contributed by atoms with Gasteiger partial charge in [0, 0.05) is 12.1 Å². The maximum absolute atomic E-state index is 12.6. The first-order chi connectivity index (χ1) is 9.28. The molecule has 0 fully saturated rings. The molecule has 10 heteroatoms. The first kappa shape index (κ1) is 18.0. The van der Waals surface area contributed by atoms with E-state index in [2.05, 4.69) is 15.0 Å². The highest BCUT2D eigenvalue weighted by Crippen LogP contribution is 2.32. The topological polar surface area (TPSA) is 71.1 Å². The zero-order valence-electron chi connectivity index (χ0n) is 11.5. The summed E-state index contributed by atoms with van der Waals surface area (Å²) in [5, 5.41) is 2.33. The molecule has 0 saturated heterocycles. The summed E-state index contributed by atoms with van der Waals surface area (Å²) in [7, 11) is -3.44. The minimum Gasteiger partial charge on any atom is -0.368 e. The summed E-state index contributed by atoms with van der Waals surface area (Å²) in [5.74, 6) is -0.0850. The first-order valence-corrected chi connectivity index (χ1v) is 8.03. The van der Waals surface area contributed by atoms with Crippen LogP contribution in [0.4, 0.5) is 19.0 Å². The number of hydrogen-bond acceptors (Lipinski definition) is 4. The number of nitrogens with one attached hydrogen (secondary N) is 2. The van der Waals surface area contributed by atoms with E-state index in [9.17, 15) is 21.6 Å². The summed E-state index contributed by atoms with van der Waals surface area (Å²) < 4.78 is 62.6.